The number of fused-ring (bicyclic) bond motifs is 1. The molecule has 0 aliphatic heterocycles. The first-order valence-corrected chi connectivity index (χ1v) is 10.4. The first kappa shape index (κ1) is 19.0. The molecule has 3 aromatic rings. The van der Waals surface area contributed by atoms with Crippen LogP contribution in [0.25, 0.3) is 11.0 Å². The Morgan fingerprint density at radius 1 is 1.25 bits per heavy atom. The second-order valence-electron chi connectivity index (χ2n) is 7.80. The van der Waals surface area contributed by atoms with E-state index >= 15 is 0 Å². The highest BCUT2D eigenvalue weighted by Gasteiger charge is 2.30. The van der Waals surface area contributed by atoms with E-state index in [4.69, 9.17) is 16.6 Å². The minimum absolute atomic E-state index is 0.0861. The van der Waals surface area contributed by atoms with E-state index in [1.807, 2.05) is 24.3 Å². The van der Waals surface area contributed by atoms with Crippen LogP contribution >= 0.6 is 11.6 Å². The van der Waals surface area contributed by atoms with E-state index in [0.717, 1.165) is 40.3 Å². The van der Waals surface area contributed by atoms with Gasteiger partial charge in [-0.05, 0) is 68.0 Å². The number of amides is 1. The Bertz CT molecular complexity index is 1040. The molecular weight excluding hydrogens is 370 g/mol. The lowest BCUT2D eigenvalue weighted by Gasteiger charge is -2.20. The molecule has 1 saturated carbocycles. The number of carbonyl (C=O) groups excluding carboxylic acids is 1. The lowest BCUT2D eigenvalue weighted by atomic mass is 10.1. The fraction of sp³-hybridized carbons (Fsp3) is 0.391. The molecule has 1 heterocycles. The summed E-state index contributed by atoms with van der Waals surface area (Å²) in [5.74, 6) is 0.967. The predicted octanol–water partition coefficient (Wildman–Crippen LogP) is 5.13. The average Bonchev–Trinajstić information content (AvgIpc) is 3.41. The van der Waals surface area contributed by atoms with E-state index in [1.165, 1.54) is 11.1 Å². The minimum atomic E-state index is -0.273. The van der Waals surface area contributed by atoms with Crippen molar-refractivity contribution in [3.8, 4) is 0 Å². The summed E-state index contributed by atoms with van der Waals surface area (Å²) < 4.78 is 2.13. The molecule has 0 spiro atoms. The summed E-state index contributed by atoms with van der Waals surface area (Å²) in [5.41, 5.74) is 5.38. The highest BCUT2D eigenvalue weighted by atomic mass is 35.5. The normalized spacial score (nSPS) is 15.0. The van der Waals surface area contributed by atoms with Crippen molar-refractivity contribution < 1.29 is 4.79 Å². The molecule has 1 amide bonds. The summed E-state index contributed by atoms with van der Waals surface area (Å²) in [7, 11) is 0. The summed E-state index contributed by atoms with van der Waals surface area (Å²) in [4.78, 5) is 17.9. The van der Waals surface area contributed by atoms with Crippen molar-refractivity contribution >= 4 is 28.5 Å². The van der Waals surface area contributed by atoms with Crippen LogP contribution in [0.3, 0.4) is 0 Å². The van der Waals surface area contributed by atoms with E-state index in [9.17, 15) is 4.79 Å². The summed E-state index contributed by atoms with van der Waals surface area (Å²) in [6.45, 7) is 6.26. The zero-order valence-corrected chi connectivity index (χ0v) is 17.4. The van der Waals surface area contributed by atoms with Crippen LogP contribution in [0.1, 0.15) is 54.7 Å². The lowest BCUT2D eigenvalue weighted by molar-refractivity contribution is -0.124. The van der Waals surface area contributed by atoms with Crippen molar-refractivity contribution in [3.63, 3.8) is 0 Å². The number of nitrogens with zero attached hydrogens (tertiary/aromatic N) is 2. The molecule has 2 aromatic carbocycles. The number of halogens is 1. The van der Waals surface area contributed by atoms with Gasteiger partial charge in [0.15, 0.2) is 0 Å². The van der Waals surface area contributed by atoms with Gasteiger partial charge in [-0.1, -0.05) is 36.7 Å². The molecule has 28 heavy (non-hydrogen) atoms. The Labute approximate surface area is 170 Å². The van der Waals surface area contributed by atoms with Gasteiger partial charge >= 0.3 is 0 Å². The number of benzene rings is 2. The van der Waals surface area contributed by atoms with Crippen LogP contribution in [0.4, 0.5) is 0 Å². The average molecular weight is 396 g/mol. The van der Waals surface area contributed by atoms with E-state index < -0.39 is 0 Å². The van der Waals surface area contributed by atoms with Crippen LogP contribution in [0.2, 0.25) is 5.02 Å². The Balaban J connectivity index is 1.83. The SMILES string of the molecule is CC[C@@H](C(=O)NC1CC1)n1c(Cc2ccccc2Cl)nc2cc(C)c(C)cc21. The van der Waals surface area contributed by atoms with Gasteiger partial charge in [-0.15, -0.1) is 0 Å². The van der Waals surface area contributed by atoms with Gasteiger partial charge in [0, 0.05) is 17.5 Å². The van der Waals surface area contributed by atoms with Crippen LogP contribution in [-0.2, 0) is 11.2 Å². The van der Waals surface area contributed by atoms with E-state index in [0.29, 0.717) is 18.9 Å². The number of hydrogen-bond donors (Lipinski definition) is 1. The minimum Gasteiger partial charge on any atom is -0.352 e. The molecule has 0 bridgehead atoms. The molecule has 0 saturated heterocycles. The van der Waals surface area contributed by atoms with Gasteiger partial charge in [0.25, 0.3) is 0 Å². The molecule has 1 fully saturated rings. The number of carbonyl (C=O) groups is 1. The molecule has 4 rings (SSSR count). The summed E-state index contributed by atoms with van der Waals surface area (Å²) in [5, 5.41) is 3.90. The standard InChI is InChI=1S/C23H26ClN3O/c1-4-20(23(28)25-17-9-10-17)27-21-12-15(3)14(2)11-19(21)26-22(27)13-16-7-5-6-8-18(16)24/h5-8,11-12,17,20H,4,9-10,13H2,1-3H3,(H,25,28)/t20-/m0/s1. The van der Waals surface area contributed by atoms with Gasteiger partial charge in [0.05, 0.1) is 11.0 Å². The molecule has 4 nitrogen and oxygen atoms in total. The highest BCUT2D eigenvalue weighted by Crippen LogP contribution is 2.30. The Hall–Kier alpha value is -2.33. The monoisotopic (exact) mass is 395 g/mol. The van der Waals surface area contributed by atoms with Crippen LogP contribution in [0.5, 0.6) is 0 Å². The van der Waals surface area contributed by atoms with Crippen molar-refractivity contribution in [1.29, 1.82) is 0 Å². The van der Waals surface area contributed by atoms with Gasteiger partial charge < -0.3 is 9.88 Å². The van der Waals surface area contributed by atoms with Crippen molar-refractivity contribution in [2.75, 3.05) is 0 Å². The summed E-state index contributed by atoms with van der Waals surface area (Å²) >= 11 is 6.41. The fourth-order valence-corrected chi connectivity index (χ4v) is 3.90. The number of rotatable bonds is 6. The van der Waals surface area contributed by atoms with Gasteiger partial charge in [-0.3, -0.25) is 4.79 Å². The number of aryl methyl sites for hydroxylation is 2. The second-order valence-corrected chi connectivity index (χ2v) is 8.21. The van der Waals surface area contributed by atoms with E-state index in [1.54, 1.807) is 0 Å². The Kier molecular flexibility index (Phi) is 5.15. The first-order valence-electron chi connectivity index (χ1n) is 9.99. The second kappa shape index (κ2) is 7.59. The molecule has 1 atom stereocenters. The molecule has 0 unspecified atom stereocenters. The largest absolute Gasteiger partial charge is 0.352 e. The smallest absolute Gasteiger partial charge is 0.243 e. The van der Waals surface area contributed by atoms with Crippen molar-refractivity contribution in [2.45, 2.75) is 58.5 Å². The molecule has 1 aliphatic rings. The maximum atomic E-state index is 13.0. The quantitative estimate of drug-likeness (QED) is 0.629. The molecule has 146 valence electrons. The third-order valence-electron chi connectivity index (χ3n) is 5.61. The number of hydrogen-bond acceptors (Lipinski definition) is 2. The summed E-state index contributed by atoms with van der Waals surface area (Å²) in [6, 6.07) is 12.2. The summed E-state index contributed by atoms with van der Waals surface area (Å²) in [6.07, 6.45) is 3.47. The zero-order chi connectivity index (χ0) is 19.8. The maximum Gasteiger partial charge on any atom is 0.243 e. The van der Waals surface area contributed by atoms with Crippen molar-refractivity contribution in [3.05, 3.63) is 63.9 Å². The number of aromatic nitrogens is 2. The van der Waals surface area contributed by atoms with Gasteiger partial charge in [0.2, 0.25) is 5.91 Å². The fourth-order valence-electron chi connectivity index (χ4n) is 3.70. The first-order chi connectivity index (χ1) is 13.5. The van der Waals surface area contributed by atoms with E-state index in [-0.39, 0.29) is 11.9 Å². The van der Waals surface area contributed by atoms with E-state index in [2.05, 4.69) is 42.8 Å². The number of nitrogens with one attached hydrogen (secondary N) is 1. The predicted molar refractivity (Wildman–Crippen MR) is 114 cm³/mol. The Morgan fingerprint density at radius 3 is 2.64 bits per heavy atom. The van der Waals surface area contributed by atoms with Gasteiger partial charge in [-0.2, -0.15) is 0 Å². The zero-order valence-electron chi connectivity index (χ0n) is 16.6. The van der Waals surface area contributed by atoms with Crippen molar-refractivity contribution in [2.24, 2.45) is 0 Å². The van der Waals surface area contributed by atoms with Gasteiger partial charge in [-0.25, -0.2) is 4.98 Å². The van der Waals surface area contributed by atoms with Crippen LogP contribution < -0.4 is 5.32 Å². The third kappa shape index (κ3) is 3.66. The van der Waals surface area contributed by atoms with Crippen LogP contribution in [0, 0.1) is 13.8 Å². The molecule has 0 radical (unpaired) electrons. The molecule has 5 heteroatoms. The molecular formula is C23H26ClN3O. The van der Waals surface area contributed by atoms with Crippen LogP contribution in [0.15, 0.2) is 36.4 Å². The topological polar surface area (TPSA) is 46.9 Å². The number of imidazole rings is 1. The molecule has 1 N–H and O–H groups in total. The van der Waals surface area contributed by atoms with Crippen LogP contribution in [-0.4, -0.2) is 21.5 Å². The third-order valence-corrected chi connectivity index (χ3v) is 5.98. The lowest BCUT2D eigenvalue weighted by Crippen LogP contribution is -2.34. The highest BCUT2D eigenvalue weighted by molar-refractivity contribution is 6.31. The molecule has 1 aliphatic carbocycles. The van der Waals surface area contributed by atoms with Gasteiger partial charge in [0.1, 0.15) is 11.9 Å². The maximum absolute atomic E-state index is 13.0. The van der Waals surface area contributed by atoms with Crippen molar-refractivity contribution in [1.82, 2.24) is 14.9 Å². The molecule has 1 aromatic heterocycles. The Morgan fingerprint density at radius 2 is 1.96 bits per heavy atom.